The predicted octanol–water partition coefficient (Wildman–Crippen LogP) is 1.65. The molecule has 12 heavy (non-hydrogen) atoms. The molecule has 0 heterocycles. The summed E-state index contributed by atoms with van der Waals surface area (Å²) in [5, 5.41) is 0. The molecule has 3 nitrogen and oxygen atoms in total. The molecule has 1 aromatic rings. The smallest absolute Gasteiger partial charge is 0.357 e. The average Bonchev–Trinajstić information content (AvgIpc) is 1.98. The van der Waals surface area contributed by atoms with E-state index in [2.05, 4.69) is 4.18 Å². The van der Waals surface area contributed by atoms with Gasteiger partial charge in [0.2, 0.25) is 0 Å². The van der Waals surface area contributed by atoms with Gasteiger partial charge < -0.3 is 4.18 Å². The normalized spacial score (nSPS) is 12.6. The van der Waals surface area contributed by atoms with Gasteiger partial charge in [0.25, 0.3) is 0 Å². The van der Waals surface area contributed by atoms with Crippen LogP contribution in [-0.4, -0.2) is 8.76 Å². The molecule has 1 aromatic carbocycles. The fourth-order valence-corrected chi connectivity index (χ4v) is 1.09. The summed E-state index contributed by atoms with van der Waals surface area (Å²) in [4.78, 5) is 0. The first-order valence-corrected chi connectivity index (χ1v) is 4.18. The highest BCUT2D eigenvalue weighted by Crippen LogP contribution is 2.20. The zero-order chi connectivity index (χ0) is 9.14. The van der Waals surface area contributed by atoms with Gasteiger partial charge in [0.05, 0.1) is 0 Å². The van der Waals surface area contributed by atoms with Crippen molar-refractivity contribution in [2.45, 2.75) is 6.92 Å². The van der Waals surface area contributed by atoms with Crippen molar-refractivity contribution in [3.8, 4) is 5.75 Å². The minimum Gasteiger partial charge on any atom is -0.380 e. The predicted molar refractivity (Wildman–Crippen MR) is 42.5 cm³/mol. The Kier molecular flexibility index (Phi) is 2.78. The van der Waals surface area contributed by atoms with Gasteiger partial charge in [0, 0.05) is 5.56 Å². The van der Waals surface area contributed by atoms with Gasteiger partial charge in [-0.3, -0.25) is 4.55 Å². The maximum Gasteiger partial charge on any atom is 0.357 e. The van der Waals surface area contributed by atoms with E-state index in [1.165, 1.54) is 25.1 Å². The molecule has 0 aliphatic heterocycles. The van der Waals surface area contributed by atoms with Crippen LogP contribution in [0.1, 0.15) is 5.56 Å². The topological polar surface area (TPSA) is 46.5 Å². The molecule has 0 fully saturated rings. The lowest BCUT2D eigenvalue weighted by Crippen LogP contribution is -1.99. The molecule has 0 radical (unpaired) electrons. The molecule has 1 rings (SSSR count). The zero-order valence-corrected chi connectivity index (χ0v) is 7.10. The van der Waals surface area contributed by atoms with Crippen molar-refractivity contribution < 1.29 is 17.3 Å². The second kappa shape index (κ2) is 3.64. The van der Waals surface area contributed by atoms with Crippen LogP contribution in [0.4, 0.5) is 4.39 Å². The van der Waals surface area contributed by atoms with Gasteiger partial charge in [0.1, 0.15) is 11.6 Å². The average molecular weight is 190 g/mol. The summed E-state index contributed by atoms with van der Waals surface area (Å²) in [5.74, 6) is -0.381. The Bertz CT molecular complexity index is 314. The first kappa shape index (κ1) is 9.15. The van der Waals surface area contributed by atoms with Gasteiger partial charge in [-0.1, -0.05) is 6.07 Å². The molecule has 1 N–H and O–H groups in total. The number of hydrogen-bond donors (Lipinski definition) is 1. The first-order valence-electron chi connectivity index (χ1n) is 3.15. The summed E-state index contributed by atoms with van der Waals surface area (Å²) >= 11 is -2.40. The van der Waals surface area contributed by atoms with Crippen LogP contribution in [0.2, 0.25) is 0 Å². The zero-order valence-electron chi connectivity index (χ0n) is 6.28. The SMILES string of the molecule is Cc1c(F)cccc1OS(=O)O. The van der Waals surface area contributed by atoms with Gasteiger partial charge in [-0.2, -0.15) is 4.21 Å². The number of benzene rings is 1. The standard InChI is InChI=1S/C7H7FO3S/c1-5-6(8)3-2-4-7(5)11-12(9)10/h2-4H,1H3,(H,9,10). The Morgan fingerprint density at radius 2 is 2.25 bits per heavy atom. The van der Waals surface area contributed by atoms with E-state index in [0.717, 1.165) is 0 Å². The quantitative estimate of drug-likeness (QED) is 0.721. The van der Waals surface area contributed by atoms with Gasteiger partial charge in [-0.25, -0.2) is 4.39 Å². The molecular weight excluding hydrogens is 183 g/mol. The summed E-state index contributed by atoms with van der Waals surface area (Å²) in [7, 11) is 0. The Morgan fingerprint density at radius 3 is 2.83 bits per heavy atom. The van der Waals surface area contributed by atoms with Crippen LogP contribution in [0.5, 0.6) is 5.75 Å². The highest BCUT2D eigenvalue weighted by molar-refractivity contribution is 7.74. The van der Waals surface area contributed by atoms with Crippen molar-refractivity contribution >= 4 is 11.4 Å². The van der Waals surface area contributed by atoms with E-state index < -0.39 is 17.2 Å². The maximum absolute atomic E-state index is 12.8. The first-order chi connectivity index (χ1) is 5.61. The second-order valence-corrected chi connectivity index (χ2v) is 2.76. The van der Waals surface area contributed by atoms with Crippen molar-refractivity contribution in [2.75, 3.05) is 0 Å². The van der Waals surface area contributed by atoms with E-state index in [9.17, 15) is 8.60 Å². The molecule has 0 aliphatic carbocycles. The largest absolute Gasteiger partial charge is 0.380 e. The Balaban J connectivity index is 3.00. The van der Waals surface area contributed by atoms with Crippen LogP contribution in [0.15, 0.2) is 18.2 Å². The molecule has 0 saturated carbocycles. The molecule has 0 spiro atoms. The van der Waals surface area contributed by atoms with Crippen LogP contribution in [0.25, 0.3) is 0 Å². The molecule has 0 saturated heterocycles. The van der Waals surface area contributed by atoms with Crippen LogP contribution < -0.4 is 4.18 Å². The third kappa shape index (κ3) is 2.02. The minimum absolute atomic E-state index is 0.0795. The van der Waals surface area contributed by atoms with Crippen LogP contribution >= 0.6 is 0 Å². The third-order valence-corrected chi connectivity index (χ3v) is 1.70. The van der Waals surface area contributed by atoms with Crippen molar-refractivity contribution in [3.63, 3.8) is 0 Å². The maximum atomic E-state index is 12.8. The van der Waals surface area contributed by atoms with Crippen molar-refractivity contribution in [1.29, 1.82) is 0 Å². The molecule has 0 aliphatic rings. The van der Waals surface area contributed by atoms with Crippen LogP contribution in [-0.2, 0) is 11.4 Å². The van der Waals surface area contributed by atoms with Gasteiger partial charge in [-0.15, -0.1) is 0 Å². The van der Waals surface area contributed by atoms with Crippen LogP contribution in [0, 0.1) is 12.7 Å². The Hall–Kier alpha value is -0.940. The van der Waals surface area contributed by atoms with Gasteiger partial charge in [-0.05, 0) is 19.1 Å². The van der Waals surface area contributed by atoms with E-state index >= 15 is 0 Å². The minimum atomic E-state index is -2.40. The lowest BCUT2D eigenvalue weighted by atomic mass is 10.2. The summed E-state index contributed by atoms with van der Waals surface area (Å²) in [5.41, 5.74) is 0.222. The summed E-state index contributed by atoms with van der Waals surface area (Å²) in [6.45, 7) is 1.47. The lowest BCUT2D eigenvalue weighted by molar-refractivity contribution is 0.453. The Morgan fingerprint density at radius 1 is 1.58 bits per heavy atom. The molecule has 1 unspecified atom stereocenters. The van der Waals surface area contributed by atoms with E-state index in [4.69, 9.17) is 4.55 Å². The summed E-state index contributed by atoms with van der Waals surface area (Å²) in [6, 6.07) is 4.08. The number of rotatable bonds is 2. The van der Waals surface area contributed by atoms with E-state index in [1.54, 1.807) is 0 Å². The fourth-order valence-electron chi connectivity index (χ4n) is 0.755. The van der Waals surface area contributed by atoms with Gasteiger partial charge in [0.15, 0.2) is 0 Å². The molecule has 0 amide bonds. The molecule has 5 heteroatoms. The molecule has 0 bridgehead atoms. The monoisotopic (exact) mass is 190 g/mol. The lowest BCUT2D eigenvalue weighted by Gasteiger charge is -2.03. The molecule has 1 atom stereocenters. The van der Waals surface area contributed by atoms with E-state index in [-0.39, 0.29) is 11.3 Å². The van der Waals surface area contributed by atoms with Crippen LogP contribution in [0.3, 0.4) is 0 Å². The fraction of sp³-hybridized carbons (Fsp3) is 0.143. The van der Waals surface area contributed by atoms with Crippen molar-refractivity contribution in [2.24, 2.45) is 0 Å². The second-order valence-electron chi connectivity index (χ2n) is 2.16. The molecular formula is C7H7FO3S. The molecule has 0 aromatic heterocycles. The number of hydrogen-bond acceptors (Lipinski definition) is 2. The third-order valence-electron chi connectivity index (χ3n) is 1.38. The highest BCUT2D eigenvalue weighted by Gasteiger charge is 2.06. The van der Waals surface area contributed by atoms with Gasteiger partial charge >= 0.3 is 11.4 Å². The highest BCUT2D eigenvalue weighted by atomic mass is 32.2. The van der Waals surface area contributed by atoms with E-state index in [1.807, 2.05) is 0 Å². The van der Waals surface area contributed by atoms with Crippen molar-refractivity contribution in [1.82, 2.24) is 0 Å². The summed E-state index contributed by atoms with van der Waals surface area (Å²) < 4.78 is 35.7. The summed E-state index contributed by atoms with van der Waals surface area (Å²) in [6.07, 6.45) is 0. The van der Waals surface area contributed by atoms with E-state index in [0.29, 0.717) is 0 Å². The van der Waals surface area contributed by atoms with Crippen molar-refractivity contribution in [3.05, 3.63) is 29.6 Å². The number of halogens is 1. The molecule has 66 valence electrons. The Labute approximate surface area is 71.7 Å².